The van der Waals surface area contributed by atoms with Gasteiger partial charge in [0.25, 0.3) is 11.8 Å². The lowest BCUT2D eigenvalue weighted by atomic mass is 9.87. The van der Waals surface area contributed by atoms with Crippen molar-refractivity contribution in [1.82, 2.24) is 10.6 Å². The number of hydrogen-bond acceptors (Lipinski definition) is 5. The van der Waals surface area contributed by atoms with Gasteiger partial charge in [-0.15, -0.1) is 11.3 Å². The molecule has 2 fully saturated rings. The minimum absolute atomic E-state index is 0.00229. The first kappa shape index (κ1) is 23.6. The minimum Gasteiger partial charge on any atom is -0.490 e. The van der Waals surface area contributed by atoms with Gasteiger partial charge in [0.05, 0.1) is 21.9 Å². The third kappa shape index (κ3) is 6.26. The molecule has 33 heavy (non-hydrogen) atoms. The van der Waals surface area contributed by atoms with Crippen LogP contribution in [0.25, 0.3) is 0 Å². The molecule has 0 spiro atoms. The lowest BCUT2D eigenvalue weighted by molar-refractivity contribution is -0.143. The third-order valence-electron chi connectivity index (χ3n) is 6.02. The van der Waals surface area contributed by atoms with Crippen LogP contribution in [0.15, 0.2) is 30.3 Å². The van der Waals surface area contributed by atoms with Gasteiger partial charge in [-0.2, -0.15) is 0 Å². The minimum atomic E-state index is -0.734. The number of benzene rings is 1. The van der Waals surface area contributed by atoms with E-state index < -0.39 is 5.97 Å². The summed E-state index contributed by atoms with van der Waals surface area (Å²) in [5, 5.41) is 15.4. The molecule has 3 N–H and O–H groups in total. The molecule has 1 aromatic carbocycles. The number of carbonyl (C=O) groups excluding carboxylic acids is 2. The summed E-state index contributed by atoms with van der Waals surface area (Å²) in [6, 6.07) is 8.60. The summed E-state index contributed by atoms with van der Waals surface area (Å²) in [6.45, 7) is 0.628. The van der Waals surface area contributed by atoms with Gasteiger partial charge in [-0.1, -0.05) is 11.6 Å². The SMILES string of the molecule is O=C(NCCNC(=O)c1cc(Cl)c(C2CC2)s1)c1ccc(OC2CCC(C(=O)O)CC2)cc1. The molecular weight excluding hydrogens is 464 g/mol. The Hall–Kier alpha value is -2.58. The lowest BCUT2D eigenvalue weighted by Gasteiger charge is -2.26. The molecule has 2 aliphatic carbocycles. The Morgan fingerprint density at radius 1 is 0.970 bits per heavy atom. The van der Waals surface area contributed by atoms with E-state index in [-0.39, 0.29) is 23.8 Å². The molecule has 0 aliphatic heterocycles. The highest BCUT2D eigenvalue weighted by molar-refractivity contribution is 7.14. The maximum atomic E-state index is 12.4. The van der Waals surface area contributed by atoms with Crippen molar-refractivity contribution in [3.63, 3.8) is 0 Å². The number of thiophene rings is 1. The third-order valence-corrected chi connectivity index (χ3v) is 7.74. The van der Waals surface area contributed by atoms with Crippen LogP contribution in [0, 0.1) is 5.92 Å². The molecule has 176 valence electrons. The van der Waals surface area contributed by atoms with E-state index in [9.17, 15) is 14.4 Å². The topological polar surface area (TPSA) is 105 Å². The van der Waals surface area contributed by atoms with Crippen LogP contribution in [0.3, 0.4) is 0 Å². The van der Waals surface area contributed by atoms with E-state index in [0.29, 0.717) is 65.9 Å². The zero-order chi connectivity index (χ0) is 23.4. The van der Waals surface area contributed by atoms with Crippen molar-refractivity contribution in [1.29, 1.82) is 0 Å². The number of amides is 2. The van der Waals surface area contributed by atoms with E-state index in [1.165, 1.54) is 11.3 Å². The molecule has 4 rings (SSSR count). The fourth-order valence-corrected chi connectivity index (χ4v) is 5.55. The second kappa shape index (κ2) is 10.6. The molecule has 7 nitrogen and oxygen atoms in total. The van der Waals surface area contributed by atoms with E-state index in [0.717, 1.165) is 17.7 Å². The van der Waals surface area contributed by atoms with E-state index in [2.05, 4.69) is 10.6 Å². The summed E-state index contributed by atoms with van der Waals surface area (Å²) in [7, 11) is 0. The van der Waals surface area contributed by atoms with Crippen molar-refractivity contribution in [2.45, 2.75) is 50.5 Å². The normalized spacial score (nSPS) is 20.2. The summed E-state index contributed by atoms with van der Waals surface area (Å²) < 4.78 is 5.93. The number of hydrogen-bond donors (Lipinski definition) is 3. The lowest BCUT2D eigenvalue weighted by Crippen LogP contribution is -2.34. The molecule has 0 bridgehead atoms. The zero-order valence-corrected chi connectivity index (χ0v) is 19.7. The summed E-state index contributed by atoms with van der Waals surface area (Å²) >= 11 is 7.67. The standard InChI is InChI=1S/C24H27ClN2O5S/c25-19-13-20(33-21(19)14-1-2-14)23(29)27-12-11-26-22(28)15-3-7-17(8-4-15)32-18-9-5-16(6-10-18)24(30)31/h3-4,7-8,13-14,16,18H,1-2,5-6,9-12H2,(H,26,28)(H,27,29)(H,30,31). The van der Waals surface area contributed by atoms with Gasteiger partial charge in [0.2, 0.25) is 0 Å². The number of nitrogens with one attached hydrogen (secondary N) is 2. The van der Waals surface area contributed by atoms with Crippen LogP contribution in [-0.4, -0.2) is 42.1 Å². The Labute approximate surface area is 201 Å². The van der Waals surface area contributed by atoms with Crippen molar-refractivity contribution in [2.75, 3.05) is 13.1 Å². The molecule has 0 atom stereocenters. The van der Waals surface area contributed by atoms with Gasteiger partial charge >= 0.3 is 5.97 Å². The number of halogens is 1. The number of carbonyl (C=O) groups is 3. The predicted octanol–water partition coefficient (Wildman–Crippen LogP) is 4.46. The van der Waals surface area contributed by atoms with Gasteiger partial charge in [-0.25, -0.2) is 0 Å². The van der Waals surface area contributed by atoms with Crippen molar-refractivity contribution in [2.24, 2.45) is 5.92 Å². The van der Waals surface area contributed by atoms with Crippen LogP contribution in [0.2, 0.25) is 5.02 Å². The van der Waals surface area contributed by atoms with Gasteiger partial charge in [-0.05, 0) is 74.8 Å². The summed E-state index contributed by atoms with van der Waals surface area (Å²) in [5.74, 6) is -0.245. The van der Waals surface area contributed by atoms with E-state index in [4.69, 9.17) is 21.4 Å². The van der Waals surface area contributed by atoms with Crippen molar-refractivity contribution in [3.8, 4) is 5.75 Å². The molecular formula is C24H27ClN2O5S. The van der Waals surface area contributed by atoms with Crippen molar-refractivity contribution >= 4 is 40.7 Å². The number of carboxylic acid groups (broad SMARTS) is 1. The second-order valence-corrected chi connectivity index (χ2v) is 10.1. The van der Waals surface area contributed by atoms with E-state index >= 15 is 0 Å². The first-order chi connectivity index (χ1) is 15.9. The highest BCUT2D eigenvalue weighted by atomic mass is 35.5. The van der Waals surface area contributed by atoms with Crippen LogP contribution >= 0.6 is 22.9 Å². The van der Waals surface area contributed by atoms with E-state index in [1.54, 1.807) is 30.3 Å². The first-order valence-corrected chi connectivity index (χ1v) is 12.5. The average Bonchev–Trinajstić information content (AvgIpc) is 3.58. The van der Waals surface area contributed by atoms with Gasteiger partial charge in [0.1, 0.15) is 5.75 Å². The summed E-state index contributed by atoms with van der Waals surface area (Å²) in [6.07, 6.45) is 4.94. The number of aliphatic carboxylic acids is 1. The first-order valence-electron chi connectivity index (χ1n) is 11.3. The molecule has 1 heterocycles. The Morgan fingerprint density at radius 3 is 2.21 bits per heavy atom. The van der Waals surface area contributed by atoms with Crippen LogP contribution in [0.5, 0.6) is 5.75 Å². The smallest absolute Gasteiger partial charge is 0.306 e. The largest absolute Gasteiger partial charge is 0.490 e. The van der Waals surface area contributed by atoms with Gasteiger partial charge in [0.15, 0.2) is 0 Å². The van der Waals surface area contributed by atoms with Crippen molar-refractivity contribution in [3.05, 3.63) is 50.7 Å². The Balaban J connectivity index is 1.17. The molecule has 2 saturated carbocycles. The maximum absolute atomic E-state index is 12.4. The van der Waals surface area contributed by atoms with Gasteiger partial charge in [-0.3, -0.25) is 14.4 Å². The fourth-order valence-electron chi connectivity index (χ4n) is 3.96. The van der Waals surface area contributed by atoms with Crippen LogP contribution in [-0.2, 0) is 4.79 Å². The quantitative estimate of drug-likeness (QED) is 0.450. The van der Waals surface area contributed by atoms with Crippen molar-refractivity contribution < 1.29 is 24.2 Å². The predicted molar refractivity (Wildman–Crippen MR) is 126 cm³/mol. The molecule has 0 unspecified atom stereocenters. The van der Waals surface area contributed by atoms with E-state index in [1.807, 2.05) is 0 Å². The molecule has 9 heteroatoms. The van der Waals surface area contributed by atoms with Crippen LogP contribution in [0.1, 0.15) is 69.3 Å². The molecule has 2 aliphatic rings. The molecule has 0 saturated heterocycles. The average molecular weight is 491 g/mol. The monoisotopic (exact) mass is 490 g/mol. The maximum Gasteiger partial charge on any atom is 0.306 e. The van der Waals surface area contributed by atoms with Gasteiger partial charge < -0.3 is 20.5 Å². The van der Waals surface area contributed by atoms with Crippen LogP contribution < -0.4 is 15.4 Å². The second-order valence-electron chi connectivity index (χ2n) is 8.56. The summed E-state index contributed by atoms with van der Waals surface area (Å²) in [5.41, 5.74) is 0.502. The Kier molecular flexibility index (Phi) is 7.55. The van der Waals surface area contributed by atoms with Crippen LogP contribution in [0.4, 0.5) is 0 Å². The number of carboxylic acids is 1. The number of ether oxygens (including phenoxy) is 1. The van der Waals surface area contributed by atoms with Gasteiger partial charge in [0, 0.05) is 23.5 Å². The zero-order valence-electron chi connectivity index (χ0n) is 18.1. The molecule has 2 aromatic rings. The number of rotatable bonds is 9. The molecule has 2 amide bonds. The highest BCUT2D eigenvalue weighted by Gasteiger charge is 2.29. The summed E-state index contributed by atoms with van der Waals surface area (Å²) in [4.78, 5) is 37.4. The molecule has 1 aromatic heterocycles. The molecule has 0 radical (unpaired) electrons. The Morgan fingerprint density at radius 2 is 1.61 bits per heavy atom. The highest BCUT2D eigenvalue weighted by Crippen LogP contribution is 2.47. The fraction of sp³-hybridized carbons (Fsp3) is 0.458. The Bertz CT molecular complexity index is 1010.